The van der Waals surface area contributed by atoms with Crippen LogP contribution in [0.2, 0.25) is 0 Å². The third-order valence-corrected chi connectivity index (χ3v) is 9.05. The number of piperidine rings is 2. The van der Waals surface area contributed by atoms with Crippen LogP contribution in [0.5, 0.6) is 5.75 Å². The number of aromatic nitrogens is 2. The Morgan fingerprint density at radius 1 is 1.04 bits per heavy atom. The number of anilines is 1. The molecule has 2 aromatic carbocycles. The molecule has 45 heavy (non-hydrogen) atoms. The number of imide groups is 1. The van der Waals surface area contributed by atoms with Gasteiger partial charge in [-0.1, -0.05) is 12.1 Å². The molecule has 14 heteroatoms. The predicted octanol–water partition coefficient (Wildman–Crippen LogP) is 2.92. The van der Waals surface area contributed by atoms with Gasteiger partial charge in [-0.05, 0) is 42.7 Å². The van der Waals surface area contributed by atoms with Crippen LogP contribution < -0.4 is 15.3 Å². The molecule has 3 fully saturated rings. The standard InChI is InChI=1S/C31H35F2N5O7/c1-34-28-23(38(30(34)41)24-9-10-26(39)37(29(24)40)15-18-3-5-20(44-2)6-4-18)8-7-22(27(28)33)36-13-19(14-36)17-45-25-11-12-35(31(42)43)16-21(25)32/h3-8,19,21,24-25H,9-17H2,1-2H3,(H,42,43)/t21-,24?,25+/m1/s1. The van der Waals surface area contributed by atoms with Gasteiger partial charge in [0.1, 0.15) is 23.5 Å². The van der Waals surface area contributed by atoms with Crippen LogP contribution in [0.3, 0.4) is 0 Å². The Morgan fingerprint density at radius 3 is 2.44 bits per heavy atom. The first-order valence-corrected chi connectivity index (χ1v) is 14.9. The Kier molecular flexibility index (Phi) is 8.25. The molecule has 3 aromatic rings. The van der Waals surface area contributed by atoms with Gasteiger partial charge in [0.05, 0.1) is 44.1 Å². The molecule has 0 spiro atoms. The second-order valence-electron chi connectivity index (χ2n) is 11.9. The summed E-state index contributed by atoms with van der Waals surface area (Å²) in [6.45, 7) is 1.23. The highest BCUT2D eigenvalue weighted by Crippen LogP contribution is 2.34. The Balaban J connectivity index is 1.15. The largest absolute Gasteiger partial charge is 0.497 e. The molecule has 12 nitrogen and oxygen atoms in total. The number of rotatable bonds is 8. The van der Waals surface area contributed by atoms with Crippen molar-refractivity contribution in [1.29, 1.82) is 0 Å². The molecule has 3 aliphatic rings. The van der Waals surface area contributed by atoms with Crippen molar-refractivity contribution >= 4 is 34.6 Å². The number of hydrogen-bond donors (Lipinski definition) is 1. The van der Waals surface area contributed by atoms with E-state index in [0.717, 1.165) is 15.4 Å². The molecule has 3 atom stereocenters. The third-order valence-electron chi connectivity index (χ3n) is 9.05. The van der Waals surface area contributed by atoms with Crippen molar-refractivity contribution in [3.63, 3.8) is 0 Å². The lowest BCUT2D eigenvalue weighted by Gasteiger charge is -2.42. The Bertz CT molecular complexity index is 1680. The maximum atomic E-state index is 16.0. The second-order valence-corrected chi connectivity index (χ2v) is 11.9. The summed E-state index contributed by atoms with van der Waals surface area (Å²) in [6, 6.07) is 9.24. The molecule has 3 amide bonds. The highest BCUT2D eigenvalue weighted by molar-refractivity contribution is 6.00. The average molecular weight is 628 g/mol. The summed E-state index contributed by atoms with van der Waals surface area (Å²) in [4.78, 5) is 54.9. The minimum absolute atomic E-state index is 0.0345. The average Bonchev–Trinajstić information content (AvgIpc) is 3.26. The van der Waals surface area contributed by atoms with Crippen LogP contribution >= 0.6 is 0 Å². The summed E-state index contributed by atoms with van der Waals surface area (Å²) in [5.74, 6) is -0.769. The molecule has 1 N–H and O–H groups in total. The number of methoxy groups -OCH3 is 1. The van der Waals surface area contributed by atoms with Crippen molar-refractivity contribution in [3.05, 3.63) is 58.3 Å². The number of carbonyl (C=O) groups is 3. The van der Waals surface area contributed by atoms with Crippen molar-refractivity contribution in [2.24, 2.45) is 13.0 Å². The molecule has 0 aliphatic carbocycles. The smallest absolute Gasteiger partial charge is 0.407 e. The number of alkyl halides is 1. The predicted molar refractivity (Wildman–Crippen MR) is 159 cm³/mol. The Morgan fingerprint density at radius 2 is 1.78 bits per heavy atom. The van der Waals surface area contributed by atoms with Crippen molar-refractivity contribution in [1.82, 2.24) is 18.9 Å². The minimum Gasteiger partial charge on any atom is -0.497 e. The normalized spacial score (nSPS) is 22.7. The fraction of sp³-hybridized carbons (Fsp3) is 0.484. The number of fused-ring (bicyclic) bond motifs is 1. The van der Waals surface area contributed by atoms with E-state index in [1.165, 1.54) is 16.2 Å². The van der Waals surface area contributed by atoms with Gasteiger partial charge in [0.2, 0.25) is 5.91 Å². The number of imidazole rings is 1. The summed E-state index contributed by atoms with van der Waals surface area (Å²) in [5, 5.41) is 9.06. The van der Waals surface area contributed by atoms with Gasteiger partial charge < -0.3 is 24.4 Å². The molecule has 1 aromatic heterocycles. The highest BCUT2D eigenvalue weighted by atomic mass is 19.1. The highest BCUT2D eigenvalue weighted by Gasteiger charge is 2.39. The number of amides is 3. The van der Waals surface area contributed by atoms with Crippen molar-refractivity contribution < 1.29 is 37.7 Å². The van der Waals surface area contributed by atoms with Crippen LogP contribution in [0.1, 0.15) is 30.9 Å². The van der Waals surface area contributed by atoms with Gasteiger partial charge in [0.25, 0.3) is 5.91 Å². The molecule has 240 valence electrons. The van der Waals surface area contributed by atoms with E-state index >= 15 is 4.39 Å². The SMILES string of the molecule is COc1ccc(CN2C(=O)CCC(n3c(=O)n(C)c4c(F)c(N5CC(CO[C@H]6CCN(C(=O)O)C[C@H]6F)C5)ccc43)C2=O)cc1. The van der Waals surface area contributed by atoms with E-state index in [-0.39, 0.29) is 68.4 Å². The van der Waals surface area contributed by atoms with Gasteiger partial charge in [-0.15, -0.1) is 0 Å². The van der Waals surface area contributed by atoms with Crippen LogP contribution in [0.25, 0.3) is 11.0 Å². The molecule has 4 heterocycles. The Hall–Kier alpha value is -4.46. The summed E-state index contributed by atoms with van der Waals surface area (Å²) in [6.07, 6.45) is -2.76. The van der Waals surface area contributed by atoms with Crippen LogP contribution in [-0.2, 0) is 27.9 Å². The van der Waals surface area contributed by atoms with Crippen LogP contribution in [0.4, 0.5) is 19.3 Å². The van der Waals surface area contributed by atoms with E-state index in [2.05, 4.69) is 0 Å². The van der Waals surface area contributed by atoms with Crippen LogP contribution in [0.15, 0.2) is 41.2 Å². The zero-order valence-corrected chi connectivity index (χ0v) is 25.0. The summed E-state index contributed by atoms with van der Waals surface area (Å²) >= 11 is 0. The molecule has 0 bridgehead atoms. The van der Waals surface area contributed by atoms with E-state index in [1.54, 1.807) is 43.5 Å². The van der Waals surface area contributed by atoms with Crippen molar-refractivity contribution in [3.8, 4) is 5.75 Å². The van der Waals surface area contributed by atoms with Gasteiger partial charge in [0, 0.05) is 39.0 Å². The fourth-order valence-electron chi connectivity index (χ4n) is 6.48. The van der Waals surface area contributed by atoms with E-state index in [0.29, 0.717) is 24.5 Å². The van der Waals surface area contributed by atoms with E-state index in [9.17, 15) is 23.6 Å². The quantitative estimate of drug-likeness (QED) is 0.378. The number of carboxylic acid groups (broad SMARTS) is 1. The summed E-state index contributed by atoms with van der Waals surface area (Å²) in [7, 11) is 3.00. The van der Waals surface area contributed by atoms with E-state index < -0.39 is 41.8 Å². The lowest BCUT2D eigenvalue weighted by atomic mass is 9.99. The summed E-state index contributed by atoms with van der Waals surface area (Å²) < 4.78 is 43.8. The third kappa shape index (κ3) is 5.62. The van der Waals surface area contributed by atoms with E-state index in [4.69, 9.17) is 14.6 Å². The number of halogens is 2. The van der Waals surface area contributed by atoms with Gasteiger partial charge in [-0.25, -0.2) is 18.4 Å². The molecular weight excluding hydrogens is 592 g/mol. The van der Waals surface area contributed by atoms with Gasteiger partial charge in [0.15, 0.2) is 5.82 Å². The number of ether oxygens (including phenoxy) is 2. The molecule has 0 saturated carbocycles. The van der Waals surface area contributed by atoms with Gasteiger partial charge >= 0.3 is 11.8 Å². The molecule has 3 saturated heterocycles. The molecular formula is C31H35F2N5O7. The van der Waals surface area contributed by atoms with Gasteiger partial charge in [-0.3, -0.25) is 23.6 Å². The number of likely N-dealkylation sites (tertiary alicyclic amines) is 2. The molecule has 3 aliphatic heterocycles. The second kappa shape index (κ2) is 12.1. The number of benzene rings is 2. The summed E-state index contributed by atoms with van der Waals surface area (Å²) in [5.41, 5.74) is 0.807. The Labute approximate surface area is 257 Å². The number of nitrogens with zero attached hydrogens (tertiary/aromatic N) is 5. The zero-order chi connectivity index (χ0) is 32.0. The fourth-order valence-corrected chi connectivity index (χ4v) is 6.48. The van der Waals surface area contributed by atoms with Crippen LogP contribution in [-0.4, -0.2) is 94.1 Å². The molecule has 1 unspecified atom stereocenters. The van der Waals surface area contributed by atoms with Crippen LogP contribution in [0, 0.1) is 11.7 Å². The zero-order valence-electron chi connectivity index (χ0n) is 25.0. The van der Waals surface area contributed by atoms with Crippen molar-refractivity contribution in [2.45, 2.75) is 44.1 Å². The first kappa shape index (κ1) is 30.6. The molecule has 0 radical (unpaired) electrons. The number of hydrogen-bond acceptors (Lipinski definition) is 7. The maximum Gasteiger partial charge on any atom is 0.407 e. The van der Waals surface area contributed by atoms with Gasteiger partial charge in [-0.2, -0.15) is 0 Å². The first-order valence-electron chi connectivity index (χ1n) is 14.9. The minimum atomic E-state index is -1.40. The lowest BCUT2D eigenvalue weighted by Crippen LogP contribution is -2.52. The lowest BCUT2D eigenvalue weighted by molar-refractivity contribution is -0.151. The van der Waals surface area contributed by atoms with Crippen molar-refractivity contribution in [2.75, 3.05) is 44.8 Å². The van der Waals surface area contributed by atoms with E-state index in [1.807, 2.05) is 4.90 Å². The topological polar surface area (TPSA) is 127 Å². The number of carbonyl (C=O) groups excluding carboxylic acids is 2. The first-order chi connectivity index (χ1) is 21.6. The monoisotopic (exact) mass is 627 g/mol. The number of aryl methyl sites for hydroxylation is 1. The maximum absolute atomic E-state index is 16.0. The molecule has 6 rings (SSSR count).